The fourth-order valence-electron chi connectivity index (χ4n) is 0.269. The number of nitrogens with one attached hydrogen (secondary N) is 1. The normalized spacial score (nSPS) is 15.6. The molecule has 0 aromatic rings. The Balaban J connectivity index is 3.60. The largest absolute Gasteiger partial charge is 0.232 e. The van der Waals surface area contributed by atoms with Crippen molar-refractivity contribution in [2.75, 3.05) is 7.05 Å². The summed E-state index contributed by atoms with van der Waals surface area (Å²) in [6, 6.07) is 0. The molecule has 0 bridgehead atoms. The van der Waals surface area contributed by atoms with Gasteiger partial charge in [0.15, 0.2) is 10.0 Å². The lowest BCUT2D eigenvalue weighted by atomic mass is 10.3. The van der Waals surface area contributed by atoms with E-state index in [2.05, 4.69) is 4.72 Å². The molecule has 0 rings (SSSR count). The zero-order valence-electron chi connectivity index (χ0n) is 6.22. The first-order valence-corrected chi connectivity index (χ1v) is 5.22. The Bertz CT molecular complexity index is 108. The molecule has 0 aromatic carbocycles. The van der Waals surface area contributed by atoms with Gasteiger partial charge in [0.2, 0.25) is 0 Å². The topological polar surface area (TPSA) is 29.1 Å². The average molecular weight is 167 g/mol. The first kappa shape index (κ1) is 9.46. The van der Waals surface area contributed by atoms with Crippen LogP contribution >= 0.6 is 10.8 Å². The van der Waals surface area contributed by atoms with E-state index in [-0.39, 0.29) is 4.75 Å². The number of hydrogen-bond donors (Lipinski definition) is 1. The van der Waals surface area contributed by atoms with Crippen molar-refractivity contribution >= 4 is 20.8 Å². The van der Waals surface area contributed by atoms with Crippen LogP contribution in [0.25, 0.3) is 0 Å². The SMILES string of the molecule is CNS(=O)SC(C)(C)C. The third kappa shape index (κ3) is 6.34. The molecular formula is C5H13NOS2. The van der Waals surface area contributed by atoms with Crippen LogP contribution in [0.5, 0.6) is 0 Å². The fraction of sp³-hybridized carbons (Fsp3) is 1.00. The zero-order chi connectivity index (χ0) is 7.49. The summed E-state index contributed by atoms with van der Waals surface area (Å²) in [5.74, 6) is 0. The lowest BCUT2D eigenvalue weighted by molar-refractivity contribution is 0.686. The highest BCUT2D eigenvalue weighted by Gasteiger charge is 2.13. The molecule has 4 heteroatoms. The van der Waals surface area contributed by atoms with Crippen LogP contribution in [0.2, 0.25) is 0 Å². The molecule has 0 spiro atoms. The summed E-state index contributed by atoms with van der Waals surface area (Å²) in [5.41, 5.74) is 0. The Hall–Kier alpha value is 0.460. The van der Waals surface area contributed by atoms with Gasteiger partial charge in [0.05, 0.1) is 0 Å². The third-order valence-corrected chi connectivity index (χ3v) is 3.93. The molecule has 2 nitrogen and oxygen atoms in total. The Kier molecular flexibility index (Phi) is 3.77. The molecule has 1 atom stereocenters. The maximum atomic E-state index is 10.8. The van der Waals surface area contributed by atoms with E-state index in [1.165, 1.54) is 10.8 Å². The predicted molar refractivity (Wildman–Crippen MR) is 44.5 cm³/mol. The summed E-state index contributed by atoms with van der Waals surface area (Å²) in [5, 5.41) is 0. The van der Waals surface area contributed by atoms with Gasteiger partial charge in [0.25, 0.3) is 0 Å². The Morgan fingerprint density at radius 1 is 1.44 bits per heavy atom. The highest BCUT2D eigenvalue weighted by molar-refractivity contribution is 8.69. The molecule has 0 aliphatic rings. The van der Waals surface area contributed by atoms with Crippen molar-refractivity contribution in [3.05, 3.63) is 0 Å². The van der Waals surface area contributed by atoms with Gasteiger partial charge >= 0.3 is 0 Å². The van der Waals surface area contributed by atoms with Crippen molar-refractivity contribution in [2.24, 2.45) is 0 Å². The first-order chi connectivity index (χ1) is 3.95. The van der Waals surface area contributed by atoms with Crippen molar-refractivity contribution < 1.29 is 4.21 Å². The van der Waals surface area contributed by atoms with Crippen molar-refractivity contribution in [2.45, 2.75) is 25.5 Å². The Labute approximate surface area is 62.8 Å². The van der Waals surface area contributed by atoms with Crippen molar-refractivity contribution in [1.29, 1.82) is 0 Å². The van der Waals surface area contributed by atoms with Crippen LogP contribution < -0.4 is 4.72 Å². The minimum Gasteiger partial charge on any atom is -0.232 e. The van der Waals surface area contributed by atoms with Gasteiger partial charge in [0.1, 0.15) is 0 Å². The molecule has 1 N–H and O–H groups in total. The highest BCUT2D eigenvalue weighted by atomic mass is 33.1. The molecule has 0 saturated heterocycles. The van der Waals surface area contributed by atoms with Gasteiger partial charge < -0.3 is 0 Å². The average Bonchev–Trinajstić information content (AvgIpc) is 1.62. The molecule has 0 aliphatic carbocycles. The van der Waals surface area contributed by atoms with Crippen LogP contribution in [0.3, 0.4) is 0 Å². The molecule has 0 fully saturated rings. The van der Waals surface area contributed by atoms with Crippen molar-refractivity contribution in [3.8, 4) is 0 Å². The zero-order valence-corrected chi connectivity index (χ0v) is 7.86. The van der Waals surface area contributed by atoms with Gasteiger partial charge in [-0.15, -0.1) is 0 Å². The van der Waals surface area contributed by atoms with Gasteiger partial charge in [-0.2, -0.15) is 0 Å². The van der Waals surface area contributed by atoms with E-state index >= 15 is 0 Å². The van der Waals surface area contributed by atoms with E-state index in [1.807, 2.05) is 20.8 Å². The Morgan fingerprint density at radius 2 is 1.89 bits per heavy atom. The summed E-state index contributed by atoms with van der Waals surface area (Å²) in [7, 11) is 2.18. The van der Waals surface area contributed by atoms with E-state index in [1.54, 1.807) is 7.05 Å². The molecule has 0 aromatic heterocycles. The maximum absolute atomic E-state index is 10.8. The summed E-state index contributed by atoms with van der Waals surface area (Å²) in [6.45, 7) is 6.10. The fourth-order valence-corrected chi connectivity index (χ4v) is 2.42. The maximum Gasteiger partial charge on any atom is 0.153 e. The number of hydrogen-bond acceptors (Lipinski definition) is 2. The second-order valence-electron chi connectivity index (χ2n) is 2.63. The molecule has 9 heavy (non-hydrogen) atoms. The van der Waals surface area contributed by atoms with Crippen molar-refractivity contribution in [1.82, 2.24) is 4.72 Å². The molecule has 1 unspecified atom stereocenters. The molecule has 0 amide bonds. The van der Waals surface area contributed by atoms with Crippen LogP contribution in [0, 0.1) is 0 Å². The van der Waals surface area contributed by atoms with Gasteiger partial charge in [-0.1, -0.05) is 0 Å². The van der Waals surface area contributed by atoms with Gasteiger partial charge in [-0.3, -0.25) is 0 Å². The second-order valence-corrected chi connectivity index (χ2v) is 6.31. The lowest BCUT2D eigenvalue weighted by Gasteiger charge is -2.14. The monoisotopic (exact) mass is 167 g/mol. The molecule has 0 saturated carbocycles. The van der Waals surface area contributed by atoms with Crippen LogP contribution in [0.1, 0.15) is 20.8 Å². The standard InChI is InChI=1S/C5H13NOS2/c1-5(2,3)8-9(7)6-4/h6H,1-4H3. The van der Waals surface area contributed by atoms with Crippen LogP contribution in [0.4, 0.5) is 0 Å². The summed E-state index contributed by atoms with van der Waals surface area (Å²) in [6.07, 6.45) is 0. The van der Waals surface area contributed by atoms with E-state index in [4.69, 9.17) is 0 Å². The molecule has 0 aliphatic heterocycles. The first-order valence-electron chi connectivity index (χ1n) is 2.74. The molecule has 0 radical (unpaired) electrons. The molecular weight excluding hydrogens is 154 g/mol. The minimum atomic E-state index is -0.930. The van der Waals surface area contributed by atoms with E-state index in [9.17, 15) is 4.21 Å². The summed E-state index contributed by atoms with van der Waals surface area (Å²) in [4.78, 5) is 0. The smallest absolute Gasteiger partial charge is 0.153 e. The van der Waals surface area contributed by atoms with Crippen LogP contribution in [-0.2, 0) is 10.0 Å². The van der Waals surface area contributed by atoms with E-state index in [0.717, 1.165) is 0 Å². The highest BCUT2D eigenvalue weighted by Crippen LogP contribution is 2.24. The van der Waals surface area contributed by atoms with Crippen molar-refractivity contribution in [3.63, 3.8) is 0 Å². The second kappa shape index (κ2) is 3.58. The summed E-state index contributed by atoms with van der Waals surface area (Å²) < 4.78 is 13.5. The lowest BCUT2D eigenvalue weighted by Crippen LogP contribution is -2.15. The predicted octanol–water partition coefficient (Wildman–Crippen LogP) is 1.32. The quantitative estimate of drug-likeness (QED) is 0.628. The molecule has 56 valence electrons. The van der Waals surface area contributed by atoms with E-state index < -0.39 is 10.0 Å². The minimum absolute atomic E-state index is 0.0773. The summed E-state index contributed by atoms with van der Waals surface area (Å²) >= 11 is 0. The van der Waals surface area contributed by atoms with E-state index in [0.29, 0.717) is 0 Å². The van der Waals surface area contributed by atoms with Gasteiger partial charge in [-0.25, -0.2) is 8.93 Å². The van der Waals surface area contributed by atoms with Gasteiger partial charge in [0, 0.05) is 4.75 Å². The number of rotatable bonds is 2. The van der Waals surface area contributed by atoms with Crippen LogP contribution in [-0.4, -0.2) is 16.0 Å². The Morgan fingerprint density at radius 3 is 2.00 bits per heavy atom. The van der Waals surface area contributed by atoms with Crippen LogP contribution in [0.15, 0.2) is 0 Å². The molecule has 0 heterocycles. The third-order valence-electron chi connectivity index (χ3n) is 0.492. The van der Waals surface area contributed by atoms with Gasteiger partial charge in [-0.05, 0) is 38.6 Å².